The number of nitrogens with zero attached hydrogens (tertiary/aromatic N) is 1. The van der Waals surface area contributed by atoms with Gasteiger partial charge in [0.05, 0.1) is 5.75 Å². The van der Waals surface area contributed by atoms with E-state index < -0.39 is 10.0 Å². The lowest BCUT2D eigenvalue weighted by atomic mass is 10.2. The molecule has 1 rings (SSSR count). The molecule has 4 nitrogen and oxygen atoms in total. The first-order chi connectivity index (χ1) is 4.99. The van der Waals surface area contributed by atoms with E-state index in [2.05, 4.69) is 4.90 Å². The molecule has 0 amide bonds. The predicted octanol–water partition coefficient (Wildman–Crippen LogP) is -0.631. The lowest BCUT2D eigenvalue weighted by Gasteiger charge is -2.35. The Balaban J connectivity index is 2.36. The van der Waals surface area contributed by atoms with Gasteiger partial charge < -0.3 is 0 Å². The van der Waals surface area contributed by atoms with Gasteiger partial charge in [-0.2, -0.15) is 0 Å². The van der Waals surface area contributed by atoms with Crippen molar-refractivity contribution in [1.29, 1.82) is 0 Å². The normalized spacial score (nSPS) is 22.7. The van der Waals surface area contributed by atoms with Crippen LogP contribution >= 0.6 is 0 Å². The lowest BCUT2D eigenvalue weighted by molar-refractivity contribution is 0.140. The molecule has 0 aromatic heterocycles. The molecule has 1 unspecified atom stereocenters. The highest BCUT2D eigenvalue weighted by molar-refractivity contribution is 7.89. The van der Waals surface area contributed by atoms with Crippen molar-refractivity contribution in [2.24, 2.45) is 5.14 Å². The van der Waals surface area contributed by atoms with E-state index in [1.165, 1.54) is 6.42 Å². The highest BCUT2D eigenvalue weighted by Crippen LogP contribution is 2.11. The summed E-state index contributed by atoms with van der Waals surface area (Å²) in [5.41, 5.74) is 0. The summed E-state index contributed by atoms with van der Waals surface area (Å²) in [7, 11) is -3.29. The number of primary sulfonamides is 1. The number of nitrogens with two attached hydrogens (primary N) is 1. The van der Waals surface area contributed by atoms with Crippen LogP contribution in [0.2, 0.25) is 0 Å². The molecule has 0 saturated carbocycles. The fraction of sp³-hybridized carbons (Fsp3) is 1.00. The monoisotopic (exact) mass is 178 g/mol. The minimum Gasteiger partial charge on any atom is -0.300 e. The molecule has 0 radical (unpaired) electrons. The highest BCUT2D eigenvalue weighted by atomic mass is 32.2. The van der Waals surface area contributed by atoms with Crippen LogP contribution < -0.4 is 5.14 Å². The van der Waals surface area contributed by atoms with Crippen molar-refractivity contribution in [2.45, 2.75) is 19.4 Å². The van der Waals surface area contributed by atoms with Gasteiger partial charge in [-0.15, -0.1) is 0 Å². The largest absolute Gasteiger partial charge is 0.300 e. The minimum atomic E-state index is -3.29. The summed E-state index contributed by atoms with van der Waals surface area (Å²) < 4.78 is 21.3. The minimum absolute atomic E-state index is 0.0764. The maximum absolute atomic E-state index is 10.6. The van der Waals surface area contributed by atoms with Gasteiger partial charge in [0, 0.05) is 6.04 Å². The van der Waals surface area contributed by atoms with Crippen LogP contribution in [0.5, 0.6) is 0 Å². The summed E-state index contributed by atoms with van der Waals surface area (Å²) >= 11 is 0. The first-order valence-electron chi connectivity index (χ1n) is 3.73. The second-order valence-corrected chi connectivity index (χ2v) is 4.73. The Labute approximate surface area is 67.4 Å². The van der Waals surface area contributed by atoms with Crippen LogP contribution in [-0.4, -0.2) is 38.2 Å². The standard InChI is InChI=1S/C6H14N2O2S/c1-6(5-11(7,9)10)8-3-2-4-8/h6H,2-5H2,1H3,(H2,7,9,10). The molecule has 1 aliphatic rings. The van der Waals surface area contributed by atoms with Gasteiger partial charge in [-0.3, -0.25) is 4.90 Å². The third-order valence-electron chi connectivity index (χ3n) is 1.99. The second-order valence-electron chi connectivity index (χ2n) is 3.07. The highest BCUT2D eigenvalue weighted by Gasteiger charge is 2.22. The summed E-state index contributed by atoms with van der Waals surface area (Å²) in [5.74, 6) is 0.0764. The van der Waals surface area contributed by atoms with E-state index in [1.54, 1.807) is 0 Å². The quantitative estimate of drug-likeness (QED) is 0.626. The molecule has 1 heterocycles. The van der Waals surface area contributed by atoms with Crippen molar-refractivity contribution >= 4 is 10.0 Å². The molecule has 0 aromatic carbocycles. The van der Waals surface area contributed by atoms with Crippen LogP contribution in [0.15, 0.2) is 0 Å². The average molecular weight is 178 g/mol. The van der Waals surface area contributed by atoms with E-state index in [1.807, 2.05) is 6.92 Å². The van der Waals surface area contributed by atoms with Crippen molar-refractivity contribution in [3.63, 3.8) is 0 Å². The summed E-state index contributed by atoms with van der Waals surface area (Å²) in [6, 6.07) is 0.0822. The average Bonchev–Trinajstić information content (AvgIpc) is 1.50. The molecule has 2 N–H and O–H groups in total. The molecule has 0 spiro atoms. The Kier molecular flexibility index (Phi) is 2.51. The molecule has 1 fully saturated rings. The zero-order chi connectivity index (χ0) is 8.48. The molecule has 66 valence electrons. The zero-order valence-electron chi connectivity index (χ0n) is 6.66. The van der Waals surface area contributed by atoms with Crippen LogP contribution in [0.3, 0.4) is 0 Å². The van der Waals surface area contributed by atoms with E-state index in [9.17, 15) is 8.42 Å². The Bertz CT molecular complexity index is 221. The van der Waals surface area contributed by atoms with Crippen molar-refractivity contribution in [3.8, 4) is 0 Å². The summed E-state index contributed by atoms with van der Waals surface area (Å²) in [6.07, 6.45) is 1.18. The molecule has 1 saturated heterocycles. The fourth-order valence-electron chi connectivity index (χ4n) is 1.22. The van der Waals surface area contributed by atoms with Gasteiger partial charge in [0.15, 0.2) is 0 Å². The Hall–Kier alpha value is -0.130. The van der Waals surface area contributed by atoms with Gasteiger partial charge in [-0.25, -0.2) is 13.6 Å². The summed E-state index contributed by atoms with van der Waals surface area (Å²) in [6.45, 7) is 3.91. The van der Waals surface area contributed by atoms with Crippen LogP contribution in [-0.2, 0) is 10.0 Å². The number of hydrogen-bond donors (Lipinski definition) is 1. The third-order valence-corrected chi connectivity index (χ3v) is 2.93. The maximum atomic E-state index is 10.6. The topological polar surface area (TPSA) is 63.4 Å². The first kappa shape index (κ1) is 8.96. The van der Waals surface area contributed by atoms with Crippen LogP contribution in [0.1, 0.15) is 13.3 Å². The predicted molar refractivity (Wildman–Crippen MR) is 43.6 cm³/mol. The zero-order valence-corrected chi connectivity index (χ0v) is 7.47. The van der Waals surface area contributed by atoms with E-state index >= 15 is 0 Å². The van der Waals surface area contributed by atoms with Gasteiger partial charge >= 0.3 is 0 Å². The molecule has 1 aliphatic heterocycles. The summed E-state index contributed by atoms with van der Waals surface area (Å²) in [4.78, 5) is 2.12. The molecule has 1 atom stereocenters. The molecular weight excluding hydrogens is 164 g/mol. The van der Waals surface area contributed by atoms with Gasteiger partial charge in [0.1, 0.15) is 0 Å². The third kappa shape index (κ3) is 2.76. The van der Waals surface area contributed by atoms with E-state index in [4.69, 9.17) is 5.14 Å². The van der Waals surface area contributed by atoms with Crippen molar-refractivity contribution in [3.05, 3.63) is 0 Å². The maximum Gasteiger partial charge on any atom is 0.210 e. The number of likely N-dealkylation sites (tertiary alicyclic amines) is 1. The van der Waals surface area contributed by atoms with E-state index in [0.29, 0.717) is 0 Å². The lowest BCUT2D eigenvalue weighted by Crippen LogP contribution is -2.47. The number of hydrogen-bond acceptors (Lipinski definition) is 3. The Morgan fingerprint density at radius 1 is 1.55 bits per heavy atom. The van der Waals surface area contributed by atoms with Crippen LogP contribution in [0, 0.1) is 0 Å². The Morgan fingerprint density at radius 3 is 2.36 bits per heavy atom. The van der Waals surface area contributed by atoms with Crippen molar-refractivity contribution < 1.29 is 8.42 Å². The smallest absolute Gasteiger partial charge is 0.210 e. The van der Waals surface area contributed by atoms with Crippen LogP contribution in [0.25, 0.3) is 0 Å². The first-order valence-corrected chi connectivity index (χ1v) is 5.45. The van der Waals surface area contributed by atoms with Crippen molar-refractivity contribution in [1.82, 2.24) is 4.90 Å². The van der Waals surface area contributed by atoms with E-state index in [0.717, 1.165) is 13.1 Å². The van der Waals surface area contributed by atoms with Gasteiger partial charge in [0.2, 0.25) is 10.0 Å². The second kappa shape index (κ2) is 3.08. The summed E-state index contributed by atoms with van der Waals surface area (Å²) in [5, 5.41) is 4.90. The van der Waals surface area contributed by atoms with Gasteiger partial charge in [-0.05, 0) is 26.4 Å². The SMILES string of the molecule is CC(CS(N)(=O)=O)N1CCC1. The molecule has 0 aliphatic carbocycles. The number of sulfonamides is 1. The molecule has 0 bridgehead atoms. The van der Waals surface area contributed by atoms with Gasteiger partial charge in [0.25, 0.3) is 0 Å². The van der Waals surface area contributed by atoms with E-state index in [-0.39, 0.29) is 11.8 Å². The fourth-order valence-corrected chi connectivity index (χ4v) is 2.11. The molecular formula is C6H14N2O2S. The van der Waals surface area contributed by atoms with Gasteiger partial charge in [-0.1, -0.05) is 0 Å². The Morgan fingerprint density at radius 2 is 2.09 bits per heavy atom. The molecule has 0 aromatic rings. The number of rotatable bonds is 3. The van der Waals surface area contributed by atoms with Crippen LogP contribution in [0.4, 0.5) is 0 Å². The molecule has 5 heteroatoms. The van der Waals surface area contributed by atoms with Crippen molar-refractivity contribution in [2.75, 3.05) is 18.8 Å². The molecule has 11 heavy (non-hydrogen) atoms.